The number of rotatable bonds is 5. The second-order valence-electron chi connectivity index (χ2n) is 3.62. The molecule has 1 heterocycles. The topological polar surface area (TPSA) is 29.5 Å². The molecule has 0 radical (unpaired) electrons. The zero-order valence-corrected chi connectivity index (χ0v) is 8.64. The summed E-state index contributed by atoms with van der Waals surface area (Å²) in [4.78, 5) is 0. The molecule has 2 atom stereocenters. The lowest BCUT2D eigenvalue weighted by Crippen LogP contribution is -2.27. The van der Waals surface area contributed by atoms with E-state index in [9.17, 15) is 8.78 Å². The van der Waals surface area contributed by atoms with Crippen molar-refractivity contribution in [2.45, 2.75) is 49.7 Å². The maximum atomic E-state index is 12.3. The van der Waals surface area contributed by atoms with E-state index in [1.165, 1.54) is 0 Å². The van der Waals surface area contributed by atoms with E-state index >= 15 is 0 Å². The lowest BCUT2D eigenvalue weighted by atomic mass is 10.1. The van der Waals surface area contributed by atoms with Gasteiger partial charge >= 0.3 is 5.38 Å². The number of ether oxygens (including phenoxy) is 1. The molecule has 1 aliphatic heterocycles. The standard InChI is InChI=1S/C9H15ClF2O2/c10-9(11,12)8(13)5-1-3-7-4-2-6-14-7/h7-8,13H,1-6H2. The predicted molar refractivity (Wildman–Crippen MR) is 49.6 cm³/mol. The summed E-state index contributed by atoms with van der Waals surface area (Å²) >= 11 is 4.66. The van der Waals surface area contributed by atoms with Gasteiger partial charge in [0.15, 0.2) is 0 Å². The molecule has 1 fully saturated rings. The van der Waals surface area contributed by atoms with Crippen LogP contribution in [0, 0.1) is 0 Å². The monoisotopic (exact) mass is 228 g/mol. The van der Waals surface area contributed by atoms with Crippen molar-refractivity contribution in [3.05, 3.63) is 0 Å². The summed E-state index contributed by atoms with van der Waals surface area (Å²) in [6.45, 7) is 0.763. The molecule has 0 saturated carbocycles. The summed E-state index contributed by atoms with van der Waals surface area (Å²) in [6.07, 6.45) is 1.75. The normalized spacial score (nSPS) is 25.3. The Labute approximate surface area is 87.2 Å². The quantitative estimate of drug-likeness (QED) is 0.733. The summed E-state index contributed by atoms with van der Waals surface area (Å²) in [5.74, 6) is 0. The number of halogens is 3. The van der Waals surface area contributed by atoms with Crippen LogP contribution in [0.25, 0.3) is 0 Å². The van der Waals surface area contributed by atoms with Gasteiger partial charge in [-0.3, -0.25) is 0 Å². The predicted octanol–water partition coefficient (Wildman–Crippen LogP) is 2.53. The average Bonchev–Trinajstić information content (AvgIpc) is 2.55. The zero-order chi connectivity index (χ0) is 10.6. The van der Waals surface area contributed by atoms with Gasteiger partial charge in [0.25, 0.3) is 0 Å². The minimum Gasteiger partial charge on any atom is -0.385 e. The first-order valence-electron chi connectivity index (χ1n) is 4.86. The molecule has 0 aromatic heterocycles. The fourth-order valence-electron chi connectivity index (χ4n) is 1.57. The Kier molecular flexibility index (Phi) is 4.54. The van der Waals surface area contributed by atoms with Crippen LogP contribution >= 0.6 is 11.6 Å². The van der Waals surface area contributed by atoms with Crippen LogP contribution in [0.5, 0.6) is 0 Å². The minimum atomic E-state index is -3.50. The van der Waals surface area contributed by atoms with Crippen molar-refractivity contribution >= 4 is 11.6 Å². The Morgan fingerprint density at radius 1 is 1.57 bits per heavy atom. The summed E-state index contributed by atoms with van der Waals surface area (Å²) in [7, 11) is 0. The van der Waals surface area contributed by atoms with Gasteiger partial charge in [0.2, 0.25) is 0 Å². The van der Waals surface area contributed by atoms with E-state index in [0.717, 1.165) is 25.9 Å². The molecule has 84 valence electrons. The SMILES string of the molecule is OC(CCCC1CCCO1)C(F)(F)Cl. The van der Waals surface area contributed by atoms with Crippen molar-refractivity contribution in [3.8, 4) is 0 Å². The van der Waals surface area contributed by atoms with Crippen molar-refractivity contribution in [3.63, 3.8) is 0 Å². The lowest BCUT2D eigenvalue weighted by molar-refractivity contribution is -0.0465. The third kappa shape index (κ3) is 4.07. The average molecular weight is 229 g/mol. The number of hydrogen-bond acceptors (Lipinski definition) is 2. The molecule has 2 unspecified atom stereocenters. The lowest BCUT2D eigenvalue weighted by Gasteiger charge is -2.16. The molecule has 1 aliphatic rings. The van der Waals surface area contributed by atoms with Gasteiger partial charge in [-0.25, -0.2) is 0 Å². The van der Waals surface area contributed by atoms with Gasteiger partial charge in [-0.1, -0.05) is 0 Å². The number of aliphatic hydroxyl groups excluding tert-OH is 1. The fourth-order valence-corrected chi connectivity index (χ4v) is 1.68. The van der Waals surface area contributed by atoms with Crippen LogP contribution in [0.15, 0.2) is 0 Å². The molecule has 0 aromatic carbocycles. The Morgan fingerprint density at radius 3 is 2.79 bits per heavy atom. The molecule has 0 bridgehead atoms. The highest BCUT2D eigenvalue weighted by molar-refractivity contribution is 6.22. The second-order valence-corrected chi connectivity index (χ2v) is 4.13. The van der Waals surface area contributed by atoms with E-state index in [-0.39, 0.29) is 12.5 Å². The maximum Gasteiger partial charge on any atom is 0.347 e. The van der Waals surface area contributed by atoms with Gasteiger partial charge in [-0.15, -0.1) is 0 Å². The largest absolute Gasteiger partial charge is 0.385 e. The third-order valence-electron chi connectivity index (χ3n) is 2.41. The number of hydrogen-bond donors (Lipinski definition) is 1. The Balaban J connectivity index is 2.08. The smallest absolute Gasteiger partial charge is 0.347 e. The first kappa shape index (κ1) is 12.1. The van der Waals surface area contributed by atoms with Crippen molar-refractivity contribution in [2.24, 2.45) is 0 Å². The van der Waals surface area contributed by atoms with Crippen molar-refractivity contribution < 1.29 is 18.6 Å². The Bertz CT molecular complexity index is 167. The zero-order valence-electron chi connectivity index (χ0n) is 7.89. The summed E-state index contributed by atoms with van der Waals surface area (Å²) < 4.78 is 29.9. The molecule has 0 aromatic rings. The molecule has 1 N–H and O–H groups in total. The Hall–Kier alpha value is 0.0700. The third-order valence-corrected chi connectivity index (χ3v) is 2.66. The van der Waals surface area contributed by atoms with Crippen LogP contribution in [-0.4, -0.2) is 29.3 Å². The maximum absolute atomic E-state index is 12.3. The summed E-state index contributed by atoms with van der Waals surface area (Å²) in [5, 5.41) is 5.43. The summed E-state index contributed by atoms with van der Waals surface area (Å²) in [6, 6.07) is 0. The van der Waals surface area contributed by atoms with Gasteiger partial charge in [0.05, 0.1) is 6.10 Å². The molecule has 0 aliphatic carbocycles. The number of aliphatic hydroxyl groups is 1. The van der Waals surface area contributed by atoms with E-state index in [0.29, 0.717) is 6.42 Å². The highest BCUT2D eigenvalue weighted by Crippen LogP contribution is 2.27. The van der Waals surface area contributed by atoms with Gasteiger partial charge < -0.3 is 9.84 Å². The van der Waals surface area contributed by atoms with E-state index in [1.807, 2.05) is 0 Å². The van der Waals surface area contributed by atoms with Gasteiger partial charge in [-0.2, -0.15) is 8.78 Å². The molecular formula is C9H15ClF2O2. The number of alkyl halides is 3. The molecule has 1 saturated heterocycles. The molecular weight excluding hydrogens is 214 g/mol. The van der Waals surface area contributed by atoms with Crippen molar-refractivity contribution in [2.75, 3.05) is 6.61 Å². The van der Waals surface area contributed by atoms with E-state index < -0.39 is 11.5 Å². The van der Waals surface area contributed by atoms with E-state index in [4.69, 9.17) is 9.84 Å². The van der Waals surface area contributed by atoms with Gasteiger partial charge in [-0.05, 0) is 43.7 Å². The van der Waals surface area contributed by atoms with Crippen LogP contribution in [0.1, 0.15) is 32.1 Å². The van der Waals surface area contributed by atoms with Crippen LogP contribution in [-0.2, 0) is 4.74 Å². The van der Waals surface area contributed by atoms with E-state index in [2.05, 4.69) is 11.6 Å². The van der Waals surface area contributed by atoms with E-state index in [1.54, 1.807) is 0 Å². The van der Waals surface area contributed by atoms with Crippen LogP contribution in [0.3, 0.4) is 0 Å². The first-order chi connectivity index (χ1) is 6.50. The van der Waals surface area contributed by atoms with Crippen LogP contribution in [0.2, 0.25) is 0 Å². The highest BCUT2D eigenvalue weighted by atomic mass is 35.5. The molecule has 0 spiro atoms. The highest BCUT2D eigenvalue weighted by Gasteiger charge is 2.35. The molecule has 5 heteroatoms. The van der Waals surface area contributed by atoms with Gasteiger partial charge in [0.1, 0.15) is 6.10 Å². The molecule has 0 amide bonds. The summed E-state index contributed by atoms with van der Waals surface area (Å²) in [5.41, 5.74) is 0. The van der Waals surface area contributed by atoms with Crippen molar-refractivity contribution in [1.82, 2.24) is 0 Å². The van der Waals surface area contributed by atoms with Gasteiger partial charge in [0, 0.05) is 6.61 Å². The van der Waals surface area contributed by atoms with Crippen molar-refractivity contribution in [1.29, 1.82) is 0 Å². The first-order valence-corrected chi connectivity index (χ1v) is 5.24. The second kappa shape index (κ2) is 5.24. The molecule has 2 nitrogen and oxygen atoms in total. The molecule has 1 rings (SSSR count). The van der Waals surface area contributed by atoms with Crippen LogP contribution in [0.4, 0.5) is 8.78 Å². The van der Waals surface area contributed by atoms with Crippen LogP contribution < -0.4 is 0 Å². The minimum absolute atomic E-state index is 0.0242. The molecule has 14 heavy (non-hydrogen) atoms. The Morgan fingerprint density at radius 2 is 2.29 bits per heavy atom. The fraction of sp³-hybridized carbons (Fsp3) is 1.00.